The van der Waals surface area contributed by atoms with E-state index in [2.05, 4.69) is 4.74 Å². The van der Waals surface area contributed by atoms with E-state index in [1.807, 2.05) is 0 Å². The molecule has 0 spiro atoms. The molecule has 0 aromatic heterocycles. The number of carbonyl (C=O) groups excluding carboxylic acids is 1. The zero-order chi connectivity index (χ0) is 12.4. The normalized spacial score (nSPS) is 17.9. The Balaban J connectivity index is 2.20. The van der Waals surface area contributed by atoms with Gasteiger partial charge in [0.25, 0.3) is 0 Å². The first-order chi connectivity index (χ1) is 8.11. The Labute approximate surface area is 99.1 Å². The molecule has 6 heteroatoms. The molecule has 0 radical (unpaired) electrons. The van der Waals surface area contributed by atoms with Crippen LogP contribution in [0.4, 0.5) is 0 Å². The van der Waals surface area contributed by atoms with Crippen molar-refractivity contribution in [3.8, 4) is 5.75 Å². The number of aryl methyl sites for hydroxylation is 1. The summed E-state index contributed by atoms with van der Waals surface area (Å²) in [6.45, 7) is 0. The maximum Gasteiger partial charge on any atom is 0.488 e. The van der Waals surface area contributed by atoms with Gasteiger partial charge in [0, 0.05) is 0 Å². The van der Waals surface area contributed by atoms with E-state index in [0.29, 0.717) is 24.1 Å². The SMILES string of the molecule is COC(=O)C1CCc2cc(B(O)O)ccc2O1. The van der Waals surface area contributed by atoms with Gasteiger partial charge in [0.15, 0.2) is 6.10 Å². The summed E-state index contributed by atoms with van der Waals surface area (Å²) in [5.74, 6) is 0.206. The molecule has 1 aliphatic rings. The molecule has 5 nitrogen and oxygen atoms in total. The first-order valence-electron chi connectivity index (χ1n) is 5.35. The number of hydrogen-bond acceptors (Lipinski definition) is 5. The lowest BCUT2D eigenvalue weighted by molar-refractivity contribution is -0.149. The Morgan fingerprint density at radius 2 is 2.29 bits per heavy atom. The third kappa shape index (κ3) is 2.43. The van der Waals surface area contributed by atoms with E-state index in [1.54, 1.807) is 18.2 Å². The first kappa shape index (κ1) is 11.9. The predicted octanol–water partition coefficient (Wildman–Crippen LogP) is -0.767. The second kappa shape index (κ2) is 4.77. The molecule has 0 saturated carbocycles. The molecular weight excluding hydrogens is 223 g/mol. The molecule has 1 aromatic carbocycles. The molecule has 0 saturated heterocycles. The average Bonchev–Trinajstić information content (AvgIpc) is 2.36. The summed E-state index contributed by atoms with van der Waals surface area (Å²) in [5.41, 5.74) is 1.29. The Morgan fingerprint density at radius 1 is 1.53 bits per heavy atom. The minimum absolute atomic E-state index is 0.387. The van der Waals surface area contributed by atoms with Gasteiger partial charge in [-0.15, -0.1) is 0 Å². The van der Waals surface area contributed by atoms with Crippen molar-refractivity contribution >= 4 is 18.6 Å². The van der Waals surface area contributed by atoms with Gasteiger partial charge in [0.2, 0.25) is 0 Å². The molecular formula is C11H13BO5. The summed E-state index contributed by atoms with van der Waals surface area (Å²) < 4.78 is 10.1. The van der Waals surface area contributed by atoms with Crippen molar-refractivity contribution in [3.05, 3.63) is 23.8 Å². The largest absolute Gasteiger partial charge is 0.488 e. The standard InChI is InChI=1S/C11H13BO5/c1-16-11(13)10-4-2-7-6-8(12(14)15)3-5-9(7)17-10/h3,5-6,10,14-15H,2,4H2,1H3. The third-order valence-corrected chi connectivity index (χ3v) is 2.79. The zero-order valence-corrected chi connectivity index (χ0v) is 9.42. The molecule has 0 aliphatic carbocycles. The maximum atomic E-state index is 11.3. The monoisotopic (exact) mass is 236 g/mol. The molecule has 90 valence electrons. The fraction of sp³-hybridized carbons (Fsp3) is 0.364. The van der Waals surface area contributed by atoms with Crippen LogP contribution >= 0.6 is 0 Å². The van der Waals surface area contributed by atoms with Crippen LogP contribution in [0.15, 0.2) is 18.2 Å². The molecule has 0 fully saturated rings. The third-order valence-electron chi connectivity index (χ3n) is 2.79. The predicted molar refractivity (Wildman–Crippen MR) is 61.0 cm³/mol. The van der Waals surface area contributed by atoms with Gasteiger partial charge in [0.05, 0.1) is 7.11 Å². The fourth-order valence-electron chi connectivity index (χ4n) is 1.87. The molecule has 1 aromatic rings. The van der Waals surface area contributed by atoms with Crippen molar-refractivity contribution in [2.45, 2.75) is 18.9 Å². The highest BCUT2D eigenvalue weighted by molar-refractivity contribution is 6.58. The van der Waals surface area contributed by atoms with E-state index >= 15 is 0 Å². The Hall–Kier alpha value is -1.53. The first-order valence-corrected chi connectivity index (χ1v) is 5.35. The average molecular weight is 236 g/mol. The summed E-state index contributed by atoms with van der Waals surface area (Å²) in [6.07, 6.45) is 0.609. The minimum atomic E-state index is -1.49. The van der Waals surface area contributed by atoms with Crippen LogP contribution in [-0.2, 0) is 16.0 Å². The number of hydrogen-bond donors (Lipinski definition) is 2. The van der Waals surface area contributed by atoms with E-state index in [4.69, 9.17) is 14.8 Å². The Bertz CT molecular complexity index is 432. The lowest BCUT2D eigenvalue weighted by Crippen LogP contribution is -2.34. The van der Waals surface area contributed by atoms with Crippen molar-refractivity contribution < 1.29 is 24.3 Å². The highest BCUT2D eigenvalue weighted by Gasteiger charge is 2.27. The number of fused-ring (bicyclic) bond motifs is 1. The Morgan fingerprint density at radius 3 is 2.94 bits per heavy atom. The van der Waals surface area contributed by atoms with Crippen molar-refractivity contribution in [1.82, 2.24) is 0 Å². The molecule has 0 amide bonds. The van der Waals surface area contributed by atoms with E-state index in [9.17, 15) is 4.79 Å². The highest BCUT2D eigenvalue weighted by Crippen LogP contribution is 2.26. The van der Waals surface area contributed by atoms with Crippen molar-refractivity contribution in [3.63, 3.8) is 0 Å². The van der Waals surface area contributed by atoms with E-state index in [0.717, 1.165) is 5.56 Å². The summed E-state index contributed by atoms with van der Waals surface area (Å²) in [4.78, 5) is 11.3. The number of methoxy groups -OCH3 is 1. The van der Waals surface area contributed by atoms with Gasteiger partial charge >= 0.3 is 13.1 Å². The number of ether oxygens (including phenoxy) is 2. The van der Waals surface area contributed by atoms with Crippen LogP contribution in [0.1, 0.15) is 12.0 Å². The van der Waals surface area contributed by atoms with Gasteiger partial charge in [-0.3, -0.25) is 0 Å². The molecule has 0 bridgehead atoms. The van der Waals surface area contributed by atoms with Crippen molar-refractivity contribution in [1.29, 1.82) is 0 Å². The Kier molecular flexibility index (Phi) is 3.35. The zero-order valence-electron chi connectivity index (χ0n) is 9.42. The van der Waals surface area contributed by atoms with Crippen LogP contribution in [-0.4, -0.2) is 36.3 Å². The molecule has 1 atom stereocenters. The van der Waals surface area contributed by atoms with E-state index < -0.39 is 13.2 Å². The van der Waals surface area contributed by atoms with E-state index in [-0.39, 0.29) is 5.97 Å². The lowest BCUT2D eigenvalue weighted by Gasteiger charge is -2.24. The van der Waals surface area contributed by atoms with E-state index in [1.165, 1.54) is 7.11 Å². The summed E-state index contributed by atoms with van der Waals surface area (Å²) in [6, 6.07) is 4.87. The van der Waals surface area contributed by atoms with Crippen LogP contribution < -0.4 is 10.2 Å². The van der Waals surface area contributed by atoms with Gasteiger partial charge < -0.3 is 19.5 Å². The van der Waals surface area contributed by atoms with Gasteiger partial charge in [-0.05, 0) is 29.9 Å². The smallest absolute Gasteiger partial charge is 0.478 e. The lowest BCUT2D eigenvalue weighted by atomic mass is 9.79. The summed E-state index contributed by atoms with van der Waals surface area (Å²) in [5, 5.41) is 18.1. The molecule has 1 unspecified atom stereocenters. The second-order valence-electron chi connectivity index (χ2n) is 3.91. The minimum Gasteiger partial charge on any atom is -0.478 e. The number of esters is 1. The second-order valence-corrected chi connectivity index (χ2v) is 3.91. The van der Waals surface area contributed by atoms with Gasteiger partial charge in [-0.1, -0.05) is 12.1 Å². The number of rotatable bonds is 2. The van der Waals surface area contributed by atoms with Crippen LogP contribution in [0.3, 0.4) is 0 Å². The van der Waals surface area contributed by atoms with Crippen molar-refractivity contribution in [2.75, 3.05) is 7.11 Å². The molecule has 17 heavy (non-hydrogen) atoms. The van der Waals surface area contributed by atoms with Crippen LogP contribution in [0.25, 0.3) is 0 Å². The molecule has 1 heterocycles. The van der Waals surface area contributed by atoms with Crippen LogP contribution in [0.5, 0.6) is 5.75 Å². The quantitative estimate of drug-likeness (QED) is 0.521. The topological polar surface area (TPSA) is 76.0 Å². The van der Waals surface area contributed by atoms with Crippen LogP contribution in [0.2, 0.25) is 0 Å². The molecule has 1 aliphatic heterocycles. The molecule has 2 rings (SSSR count). The number of carbonyl (C=O) groups is 1. The van der Waals surface area contributed by atoms with Gasteiger partial charge in [0.1, 0.15) is 5.75 Å². The maximum absolute atomic E-state index is 11.3. The number of benzene rings is 1. The summed E-state index contributed by atoms with van der Waals surface area (Å²) in [7, 11) is -0.162. The van der Waals surface area contributed by atoms with Crippen molar-refractivity contribution in [2.24, 2.45) is 0 Å². The fourth-order valence-corrected chi connectivity index (χ4v) is 1.87. The summed E-state index contributed by atoms with van der Waals surface area (Å²) >= 11 is 0. The molecule has 2 N–H and O–H groups in total. The van der Waals surface area contributed by atoms with Gasteiger partial charge in [-0.25, -0.2) is 4.79 Å². The van der Waals surface area contributed by atoms with Gasteiger partial charge in [-0.2, -0.15) is 0 Å². The highest BCUT2D eigenvalue weighted by atomic mass is 16.6. The van der Waals surface area contributed by atoms with Crippen LogP contribution in [0, 0.1) is 0 Å².